The van der Waals surface area contributed by atoms with Crippen molar-refractivity contribution in [2.45, 2.75) is 39.0 Å². The summed E-state index contributed by atoms with van der Waals surface area (Å²) >= 11 is 1.10. The zero-order valence-electron chi connectivity index (χ0n) is 13.4. The quantitative estimate of drug-likeness (QED) is 0.596. The molecule has 1 saturated heterocycles. The van der Waals surface area contributed by atoms with E-state index in [9.17, 15) is 4.79 Å². The van der Waals surface area contributed by atoms with Crippen LogP contribution in [0.2, 0.25) is 0 Å². The van der Waals surface area contributed by atoms with Gasteiger partial charge in [0.15, 0.2) is 10.3 Å². The molecule has 2 rings (SSSR count). The highest BCUT2D eigenvalue weighted by Crippen LogP contribution is 2.25. The number of hydrogen-bond acceptors (Lipinski definition) is 4. The molecule has 22 heavy (non-hydrogen) atoms. The van der Waals surface area contributed by atoms with Crippen LogP contribution in [0.4, 0.5) is 0 Å². The molecule has 3 N–H and O–H groups in total. The predicted molar refractivity (Wildman–Crippen MR) is 92.2 cm³/mol. The molecule has 2 aliphatic rings. The van der Waals surface area contributed by atoms with Crippen LogP contribution in [0.5, 0.6) is 0 Å². The molecule has 1 aliphatic heterocycles. The molecule has 0 bridgehead atoms. The highest BCUT2D eigenvalue weighted by Gasteiger charge is 2.22. The van der Waals surface area contributed by atoms with E-state index in [1.165, 1.54) is 6.42 Å². The molecule has 1 amide bonds. The van der Waals surface area contributed by atoms with Crippen LogP contribution in [0.15, 0.2) is 4.99 Å². The van der Waals surface area contributed by atoms with Crippen LogP contribution in [0, 0.1) is 11.3 Å². The lowest BCUT2D eigenvalue weighted by Crippen LogP contribution is -2.47. The van der Waals surface area contributed by atoms with Crippen molar-refractivity contribution < 1.29 is 4.79 Å². The third kappa shape index (κ3) is 4.98. The van der Waals surface area contributed by atoms with Crippen molar-refractivity contribution in [1.82, 2.24) is 9.80 Å². The van der Waals surface area contributed by atoms with Crippen molar-refractivity contribution in [3.63, 3.8) is 0 Å². The van der Waals surface area contributed by atoms with Gasteiger partial charge in [0, 0.05) is 32.1 Å². The van der Waals surface area contributed by atoms with Gasteiger partial charge in [0.25, 0.3) is 5.91 Å². The number of carbonyl (C=O) groups is 1. The Morgan fingerprint density at radius 1 is 1.23 bits per heavy atom. The molecule has 7 heteroatoms. The molecule has 0 spiro atoms. The molecular weight excluding hydrogens is 298 g/mol. The van der Waals surface area contributed by atoms with Gasteiger partial charge in [-0.05, 0) is 31.1 Å². The number of carbonyl (C=O) groups excluding carboxylic acids is 1. The fourth-order valence-electron chi connectivity index (χ4n) is 3.00. The van der Waals surface area contributed by atoms with Gasteiger partial charge in [-0.2, -0.15) is 4.99 Å². The number of piperazine rings is 1. The molecule has 1 saturated carbocycles. The van der Waals surface area contributed by atoms with E-state index in [2.05, 4.69) is 16.8 Å². The lowest BCUT2D eigenvalue weighted by Gasteiger charge is -2.34. The molecule has 0 aromatic carbocycles. The molecule has 0 unspecified atom stereocenters. The largest absolute Gasteiger partial charge is 0.378 e. The van der Waals surface area contributed by atoms with E-state index in [4.69, 9.17) is 11.1 Å². The normalized spacial score (nSPS) is 21.9. The minimum absolute atomic E-state index is 0.0372. The van der Waals surface area contributed by atoms with Gasteiger partial charge in [0.1, 0.15) is 0 Å². The Bertz CT molecular complexity index is 426. The van der Waals surface area contributed by atoms with E-state index < -0.39 is 0 Å². The molecule has 0 atom stereocenters. The third-order valence-electron chi connectivity index (χ3n) is 4.48. The Labute approximate surface area is 137 Å². The standard InChI is InChI=1S/C15H27N5OS/c1-2-19-8-10-20(11-9-19)15(17)22-14(16)18-13(21)12-6-4-3-5-7-12/h12,17H,2-11H2,1H3,(H2,16,18,21). The van der Waals surface area contributed by atoms with E-state index in [0.717, 1.165) is 70.2 Å². The average molecular weight is 325 g/mol. The number of hydrogen-bond donors (Lipinski definition) is 2. The van der Waals surface area contributed by atoms with Crippen molar-refractivity contribution >= 4 is 28.0 Å². The number of rotatable bonds is 2. The van der Waals surface area contributed by atoms with E-state index >= 15 is 0 Å². The smallest absolute Gasteiger partial charge is 0.251 e. The number of thioether (sulfide) groups is 1. The van der Waals surface area contributed by atoms with Gasteiger partial charge in [0.2, 0.25) is 0 Å². The van der Waals surface area contributed by atoms with Crippen molar-refractivity contribution in [2.24, 2.45) is 16.6 Å². The van der Waals surface area contributed by atoms with Crippen LogP contribution in [-0.4, -0.2) is 58.8 Å². The summed E-state index contributed by atoms with van der Waals surface area (Å²) in [4.78, 5) is 20.4. The molecule has 6 nitrogen and oxygen atoms in total. The molecular formula is C15H27N5OS. The summed E-state index contributed by atoms with van der Waals surface area (Å²) in [5, 5.41) is 8.73. The van der Waals surface area contributed by atoms with E-state index in [0.29, 0.717) is 5.17 Å². The number of amidine groups is 2. The van der Waals surface area contributed by atoms with Crippen molar-refractivity contribution in [3.05, 3.63) is 0 Å². The zero-order valence-corrected chi connectivity index (χ0v) is 14.2. The summed E-state index contributed by atoms with van der Waals surface area (Å²) in [6.07, 6.45) is 5.28. The van der Waals surface area contributed by atoms with Gasteiger partial charge >= 0.3 is 0 Å². The minimum Gasteiger partial charge on any atom is -0.378 e. The average Bonchev–Trinajstić information content (AvgIpc) is 2.55. The maximum atomic E-state index is 12.1. The van der Waals surface area contributed by atoms with Crippen molar-refractivity contribution in [1.29, 1.82) is 5.41 Å². The van der Waals surface area contributed by atoms with Gasteiger partial charge in [-0.3, -0.25) is 10.2 Å². The summed E-state index contributed by atoms with van der Waals surface area (Å²) in [7, 11) is 0. The highest BCUT2D eigenvalue weighted by molar-refractivity contribution is 8.26. The fraction of sp³-hybridized carbons (Fsp3) is 0.800. The predicted octanol–water partition coefficient (Wildman–Crippen LogP) is 1.71. The summed E-state index contributed by atoms with van der Waals surface area (Å²) in [6, 6.07) is 0. The van der Waals surface area contributed by atoms with E-state index in [1.54, 1.807) is 0 Å². The van der Waals surface area contributed by atoms with Crippen molar-refractivity contribution in [3.8, 4) is 0 Å². The van der Waals surface area contributed by atoms with Gasteiger partial charge in [-0.1, -0.05) is 26.2 Å². The Kier molecular flexibility index (Phi) is 6.70. The lowest BCUT2D eigenvalue weighted by molar-refractivity contribution is -0.122. The van der Waals surface area contributed by atoms with Crippen LogP contribution >= 0.6 is 11.8 Å². The number of likely N-dealkylation sites (N-methyl/N-ethyl adjacent to an activating group) is 1. The molecule has 124 valence electrons. The molecule has 0 aromatic rings. The number of aliphatic imine (C=N–C) groups is 1. The number of nitrogens with two attached hydrogens (primary N) is 1. The maximum absolute atomic E-state index is 12.1. The summed E-state index contributed by atoms with van der Waals surface area (Å²) < 4.78 is 0. The summed E-state index contributed by atoms with van der Waals surface area (Å²) in [5.41, 5.74) is 5.86. The van der Waals surface area contributed by atoms with E-state index in [1.807, 2.05) is 4.90 Å². The van der Waals surface area contributed by atoms with Gasteiger partial charge < -0.3 is 15.5 Å². The second-order valence-corrected chi connectivity index (χ2v) is 6.96. The second kappa shape index (κ2) is 8.53. The van der Waals surface area contributed by atoms with Crippen LogP contribution in [0.1, 0.15) is 39.0 Å². The lowest BCUT2D eigenvalue weighted by atomic mass is 9.89. The fourth-order valence-corrected chi connectivity index (χ4v) is 3.65. The molecule has 2 fully saturated rings. The number of nitrogens with zero attached hydrogens (tertiary/aromatic N) is 3. The Balaban J connectivity index is 1.80. The molecule has 1 heterocycles. The SMILES string of the molecule is CCN1CCN(C(=N)SC(N)=NC(=O)C2CCCCC2)CC1. The van der Waals surface area contributed by atoms with E-state index in [-0.39, 0.29) is 17.0 Å². The second-order valence-electron chi connectivity index (χ2n) is 5.95. The first kappa shape index (κ1) is 17.3. The van der Waals surface area contributed by atoms with Crippen LogP contribution in [-0.2, 0) is 4.79 Å². The first-order valence-electron chi connectivity index (χ1n) is 8.22. The van der Waals surface area contributed by atoms with Gasteiger partial charge in [0.05, 0.1) is 0 Å². The monoisotopic (exact) mass is 325 g/mol. The number of nitrogens with one attached hydrogen (secondary N) is 1. The molecule has 0 radical (unpaired) electrons. The highest BCUT2D eigenvalue weighted by atomic mass is 32.2. The van der Waals surface area contributed by atoms with Crippen molar-refractivity contribution in [2.75, 3.05) is 32.7 Å². The summed E-state index contributed by atoms with van der Waals surface area (Å²) in [5.74, 6) is -0.0662. The summed E-state index contributed by atoms with van der Waals surface area (Å²) in [6.45, 7) is 6.81. The van der Waals surface area contributed by atoms with Gasteiger partial charge in [-0.25, -0.2) is 0 Å². The van der Waals surface area contributed by atoms with Gasteiger partial charge in [-0.15, -0.1) is 0 Å². The first-order chi connectivity index (χ1) is 10.6. The minimum atomic E-state index is -0.103. The Hall–Kier alpha value is -1.08. The van der Waals surface area contributed by atoms with Crippen LogP contribution in [0.3, 0.4) is 0 Å². The Morgan fingerprint density at radius 2 is 1.86 bits per heavy atom. The topological polar surface area (TPSA) is 85.8 Å². The van der Waals surface area contributed by atoms with Crippen LogP contribution in [0.25, 0.3) is 0 Å². The molecule has 0 aromatic heterocycles. The zero-order chi connectivity index (χ0) is 15.9. The third-order valence-corrected chi connectivity index (χ3v) is 5.23. The van der Waals surface area contributed by atoms with Crippen LogP contribution < -0.4 is 5.73 Å². The maximum Gasteiger partial charge on any atom is 0.251 e. The molecule has 1 aliphatic carbocycles. The first-order valence-corrected chi connectivity index (χ1v) is 9.03. The Morgan fingerprint density at radius 3 is 2.45 bits per heavy atom. The number of amides is 1.